The Morgan fingerprint density at radius 2 is 1.95 bits per heavy atom. The third-order valence-corrected chi connectivity index (χ3v) is 4.31. The Bertz CT molecular complexity index is 665. The summed E-state index contributed by atoms with van der Waals surface area (Å²) in [5.74, 6) is 0.954. The van der Waals surface area contributed by atoms with Crippen LogP contribution in [0.4, 0.5) is 0 Å². The maximum absolute atomic E-state index is 12.6. The normalized spacial score (nSPS) is 16.2. The van der Waals surface area contributed by atoms with Crippen LogP contribution in [-0.4, -0.2) is 51.6 Å². The van der Waals surface area contributed by atoms with Crippen molar-refractivity contribution in [1.29, 1.82) is 0 Å². The van der Waals surface area contributed by atoms with E-state index >= 15 is 0 Å². The fraction of sp³-hybridized carbons (Fsp3) is 0.500. The molecule has 2 aromatic heterocycles. The average molecular weight is 302 g/mol. The molecule has 22 heavy (non-hydrogen) atoms. The summed E-state index contributed by atoms with van der Waals surface area (Å²) in [6.07, 6.45) is 0. The standard InChI is InChI=1S/C16H22N4O2/c1-12-4-5-15(18(12)3)16(21)20-8-6-19(7-9-20)11-14-10-13(2)22-17-14/h4-5,10H,6-9,11H2,1-3H3. The van der Waals surface area contributed by atoms with Gasteiger partial charge in [0.1, 0.15) is 11.5 Å². The summed E-state index contributed by atoms with van der Waals surface area (Å²) >= 11 is 0. The van der Waals surface area contributed by atoms with E-state index in [1.165, 1.54) is 0 Å². The molecule has 0 spiro atoms. The van der Waals surface area contributed by atoms with E-state index in [-0.39, 0.29) is 5.91 Å². The van der Waals surface area contributed by atoms with Crippen LogP contribution in [-0.2, 0) is 13.6 Å². The van der Waals surface area contributed by atoms with Gasteiger partial charge in [0, 0.05) is 51.5 Å². The summed E-state index contributed by atoms with van der Waals surface area (Å²) in [4.78, 5) is 16.8. The molecule has 3 heterocycles. The molecule has 1 saturated heterocycles. The van der Waals surface area contributed by atoms with Gasteiger partial charge in [-0.15, -0.1) is 0 Å². The zero-order valence-electron chi connectivity index (χ0n) is 13.4. The van der Waals surface area contributed by atoms with Gasteiger partial charge >= 0.3 is 0 Å². The lowest BCUT2D eigenvalue weighted by Gasteiger charge is -2.34. The van der Waals surface area contributed by atoms with E-state index in [1.807, 2.05) is 48.6 Å². The molecule has 1 aliphatic heterocycles. The van der Waals surface area contributed by atoms with Gasteiger partial charge in [0.25, 0.3) is 5.91 Å². The van der Waals surface area contributed by atoms with Crippen molar-refractivity contribution in [3.8, 4) is 0 Å². The van der Waals surface area contributed by atoms with Crippen LogP contribution in [0.5, 0.6) is 0 Å². The van der Waals surface area contributed by atoms with E-state index < -0.39 is 0 Å². The number of carbonyl (C=O) groups excluding carboxylic acids is 1. The first kappa shape index (κ1) is 14.8. The summed E-state index contributed by atoms with van der Waals surface area (Å²) in [5, 5.41) is 4.03. The van der Waals surface area contributed by atoms with Gasteiger partial charge < -0.3 is 14.0 Å². The molecule has 0 N–H and O–H groups in total. The van der Waals surface area contributed by atoms with Gasteiger partial charge in [-0.1, -0.05) is 5.16 Å². The van der Waals surface area contributed by atoms with Gasteiger partial charge in [-0.25, -0.2) is 0 Å². The minimum Gasteiger partial charge on any atom is -0.361 e. The molecule has 1 fully saturated rings. The van der Waals surface area contributed by atoms with E-state index in [4.69, 9.17) is 4.52 Å². The van der Waals surface area contributed by atoms with Gasteiger partial charge in [0.15, 0.2) is 0 Å². The van der Waals surface area contributed by atoms with E-state index in [9.17, 15) is 4.79 Å². The second-order valence-electron chi connectivity index (χ2n) is 5.92. The number of rotatable bonds is 3. The van der Waals surface area contributed by atoms with Crippen molar-refractivity contribution >= 4 is 5.91 Å². The van der Waals surface area contributed by atoms with E-state index in [0.29, 0.717) is 0 Å². The Labute approximate surface area is 130 Å². The van der Waals surface area contributed by atoms with Crippen molar-refractivity contribution in [2.45, 2.75) is 20.4 Å². The van der Waals surface area contributed by atoms with Crippen LogP contribution < -0.4 is 0 Å². The highest BCUT2D eigenvalue weighted by Crippen LogP contribution is 2.13. The zero-order valence-corrected chi connectivity index (χ0v) is 13.4. The second kappa shape index (κ2) is 5.96. The number of hydrogen-bond donors (Lipinski definition) is 0. The minimum atomic E-state index is 0.118. The third kappa shape index (κ3) is 2.92. The van der Waals surface area contributed by atoms with Crippen molar-refractivity contribution in [2.24, 2.45) is 7.05 Å². The number of aromatic nitrogens is 2. The highest BCUT2D eigenvalue weighted by Gasteiger charge is 2.24. The fourth-order valence-electron chi connectivity index (χ4n) is 2.82. The lowest BCUT2D eigenvalue weighted by molar-refractivity contribution is 0.0616. The number of hydrogen-bond acceptors (Lipinski definition) is 4. The molecule has 0 bridgehead atoms. The zero-order chi connectivity index (χ0) is 15.7. The Morgan fingerprint density at radius 1 is 1.23 bits per heavy atom. The summed E-state index contributed by atoms with van der Waals surface area (Å²) in [5.41, 5.74) is 2.82. The molecule has 1 aliphatic rings. The second-order valence-corrected chi connectivity index (χ2v) is 5.92. The molecule has 0 aromatic carbocycles. The topological polar surface area (TPSA) is 54.5 Å². The lowest BCUT2D eigenvalue weighted by Crippen LogP contribution is -2.48. The number of piperazine rings is 1. The first-order chi connectivity index (χ1) is 10.5. The van der Waals surface area contributed by atoms with Crippen molar-refractivity contribution < 1.29 is 9.32 Å². The molecular weight excluding hydrogens is 280 g/mol. The maximum Gasteiger partial charge on any atom is 0.270 e. The van der Waals surface area contributed by atoms with Gasteiger partial charge in [-0.05, 0) is 26.0 Å². The third-order valence-electron chi connectivity index (χ3n) is 4.31. The first-order valence-electron chi connectivity index (χ1n) is 7.61. The Hall–Kier alpha value is -2.08. The van der Waals surface area contributed by atoms with Crippen LogP contribution in [0.15, 0.2) is 22.7 Å². The number of carbonyl (C=O) groups is 1. The van der Waals surface area contributed by atoms with E-state index in [2.05, 4.69) is 10.1 Å². The number of nitrogens with zero attached hydrogens (tertiary/aromatic N) is 4. The van der Waals surface area contributed by atoms with Crippen LogP contribution in [0.2, 0.25) is 0 Å². The molecule has 1 amide bonds. The first-order valence-corrected chi connectivity index (χ1v) is 7.61. The number of aryl methyl sites for hydroxylation is 2. The quantitative estimate of drug-likeness (QED) is 0.864. The molecule has 0 radical (unpaired) electrons. The van der Waals surface area contributed by atoms with Crippen molar-refractivity contribution in [1.82, 2.24) is 19.5 Å². The molecule has 3 rings (SSSR count). The van der Waals surface area contributed by atoms with Crippen LogP contribution in [0, 0.1) is 13.8 Å². The van der Waals surface area contributed by atoms with Gasteiger partial charge in [-0.3, -0.25) is 9.69 Å². The Balaban J connectivity index is 1.57. The fourth-order valence-corrected chi connectivity index (χ4v) is 2.82. The molecule has 118 valence electrons. The van der Waals surface area contributed by atoms with Crippen LogP contribution in [0.25, 0.3) is 0 Å². The summed E-state index contributed by atoms with van der Waals surface area (Å²) in [6, 6.07) is 5.85. The molecule has 0 aliphatic carbocycles. The van der Waals surface area contributed by atoms with E-state index in [1.54, 1.807) is 0 Å². The molecule has 6 nitrogen and oxygen atoms in total. The van der Waals surface area contributed by atoms with Crippen molar-refractivity contribution in [3.63, 3.8) is 0 Å². The number of amides is 1. The molecule has 0 saturated carbocycles. The monoisotopic (exact) mass is 302 g/mol. The highest BCUT2D eigenvalue weighted by atomic mass is 16.5. The van der Waals surface area contributed by atoms with Crippen LogP contribution in [0.1, 0.15) is 27.6 Å². The predicted molar refractivity (Wildman–Crippen MR) is 82.6 cm³/mol. The van der Waals surface area contributed by atoms with Crippen molar-refractivity contribution in [3.05, 3.63) is 41.0 Å². The smallest absolute Gasteiger partial charge is 0.270 e. The Morgan fingerprint density at radius 3 is 2.50 bits per heavy atom. The lowest BCUT2D eigenvalue weighted by atomic mass is 10.2. The predicted octanol–water partition coefficient (Wildman–Crippen LogP) is 1.59. The van der Waals surface area contributed by atoms with Crippen LogP contribution in [0.3, 0.4) is 0 Å². The van der Waals surface area contributed by atoms with Crippen molar-refractivity contribution in [2.75, 3.05) is 26.2 Å². The Kier molecular flexibility index (Phi) is 4.02. The molecule has 2 aromatic rings. The molecule has 0 unspecified atom stereocenters. The minimum absolute atomic E-state index is 0.118. The summed E-state index contributed by atoms with van der Waals surface area (Å²) in [7, 11) is 1.94. The maximum atomic E-state index is 12.6. The van der Waals surface area contributed by atoms with Gasteiger partial charge in [0.2, 0.25) is 0 Å². The summed E-state index contributed by atoms with van der Waals surface area (Å²) < 4.78 is 7.05. The van der Waals surface area contributed by atoms with Crippen LogP contribution >= 0.6 is 0 Å². The summed E-state index contributed by atoms with van der Waals surface area (Å²) in [6.45, 7) is 7.91. The largest absolute Gasteiger partial charge is 0.361 e. The average Bonchev–Trinajstić information content (AvgIpc) is 3.06. The molecular formula is C16H22N4O2. The van der Waals surface area contributed by atoms with Gasteiger partial charge in [0.05, 0.1) is 5.69 Å². The van der Waals surface area contributed by atoms with E-state index in [0.717, 1.165) is 55.6 Å². The van der Waals surface area contributed by atoms with Gasteiger partial charge in [-0.2, -0.15) is 0 Å². The molecule has 6 heteroatoms. The molecule has 0 atom stereocenters. The highest BCUT2D eigenvalue weighted by molar-refractivity contribution is 5.93. The SMILES string of the molecule is Cc1cc(CN2CCN(C(=O)c3ccc(C)n3C)CC2)no1.